The van der Waals surface area contributed by atoms with E-state index in [2.05, 4.69) is 15.3 Å². The van der Waals surface area contributed by atoms with E-state index >= 15 is 0 Å². The van der Waals surface area contributed by atoms with Crippen LogP contribution in [0, 0.1) is 0 Å². The lowest BCUT2D eigenvalue weighted by Gasteiger charge is -2.16. The molecule has 1 unspecified atom stereocenters. The number of hydrogen-bond acceptors (Lipinski definition) is 7. The van der Waals surface area contributed by atoms with Gasteiger partial charge in [0.25, 0.3) is 0 Å². The maximum Gasteiger partial charge on any atom is 0.326 e. The SMILES string of the molecule is COc1cc2nc(Cl)nc(NC(CC(=O)O)C(=O)O)c2cc1OC. The van der Waals surface area contributed by atoms with Gasteiger partial charge in [-0.25, -0.2) is 14.8 Å². The Bertz CT molecular complexity index is 798. The standard InChI is InChI=1S/C14H14ClN3O6/c1-23-9-3-6-7(4-10(9)24-2)17-14(15)18-12(6)16-8(13(21)22)5-11(19)20/h3-4,8H,5H2,1-2H3,(H,19,20)(H,21,22)(H,16,17,18). The van der Waals surface area contributed by atoms with Crippen molar-refractivity contribution >= 4 is 40.3 Å². The molecule has 2 aromatic rings. The summed E-state index contributed by atoms with van der Waals surface area (Å²) in [5, 5.41) is 20.8. The molecule has 128 valence electrons. The summed E-state index contributed by atoms with van der Waals surface area (Å²) in [6, 6.07) is 1.72. The molecule has 0 saturated carbocycles. The molecule has 0 fully saturated rings. The summed E-state index contributed by atoms with van der Waals surface area (Å²) in [5.41, 5.74) is 0.384. The van der Waals surface area contributed by atoms with Crippen molar-refractivity contribution in [2.45, 2.75) is 12.5 Å². The van der Waals surface area contributed by atoms with E-state index in [1.807, 2.05) is 0 Å². The predicted molar refractivity (Wildman–Crippen MR) is 85.0 cm³/mol. The molecule has 2 rings (SSSR count). The van der Waals surface area contributed by atoms with E-state index in [1.165, 1.54) is 14.2 Å². The van der Waals surface area contributed by atoms with Crippen LogP contribution in [-0.4, -0.2) is 52.4 Å². The second kappa shape index (κ2) is 7.18. The lowest BCUT2D eigenvalue weighted by Crippen LogP contribution is -2.32. The average Bonchev–Trinajstić information content (AvgIpc) is 2.52. The Kier molecular flexibility index (Phi) is 5.24. The molecule has 0 aliphatic carbocycles. The molecule has 1 atom stereocenters. The highest BCUT2D eigenvalue weighted by atomic mass is 35.5. The number of nitrogens with zero attached hydrogens (tertiary/aromatic N) is 2. The third-order valence-electron chi connectivity index (χ3n) is 3.16. The zero-order valence-electron chi connectivity index (χ0n) is 12.7. The van der Waals surface area contributed by atoms with Gasteiger partial charge in [0.05, 0.1) is 26.2 Å². The van der Waals surface area contributed by atoms with Gasteiger partial charge in [-0.1, -0.05) is 0 Å². The van der Waals surface area contributed by atoms with Gasteiger partial charge in [-0.3, -0.25) is 4.79 Å². The second-order valence-electron chi connectivity index (χ2n) is 4.70. The number of fused-ring (bicyclic) bond motifs is 1. The summed E-state index contributed by atoms with van der Waals surface area (Å²) in [5.74, 6) is -1.73. The fraction of sp³-hybridized carbons (Fsp3) is 0.286. The molecule has 0 aliphatic heterocycles. The van der Waals surface area contributed by atoms with Crippen LogP contribution >= 0.6 is 11.6 Å². The Balaban J connectivity index is 2.55. The lowest BCUT2D eigenvalue weighted by atomic mass is 10.1. The van der Waals surface area contributed by atoms with Crippen LogP contribution < -0.4 is 14.8 Å². The van der Waals surface area contributed by atoms with Crippen LogP contribution in [0.3, 0.4) is 0 Å². The fourth-order valence-electron chi connectivity index (χ4n) is 2.08. The van der Waals surface area contributed by atoms with Crippen LogP contribution in [0.2, 0.25) is 5.28 Å². The van der Waals surface area contributed by atoms with E-state index in [1.54, 1.807) is 12.1 Å². The quantitative estimate of drug-likeness (QED) is 0.634. The lowest BCUT2D eigenvalue weighted by molar-refractivity contribution is -0.144. The number of methoxy groups -OCH3 is 2. The number of carboxylic acid groups (broad SMARTS) is 2. The first-order valence-corrected chi connectivity index (χ1v) is 7.04. The van der Waals surface area contributed by atoms with E-state index < -0.39 is 24.4 Å². The number of nitrogens with one attached hydrogen (secondary N) is 1. The Morgan fingerprint density at radius 2 is 1.83 bits per heavy atom. The Labute approximate surface area is 141 Å². The van der Waals surface area contributed by atoms with Gasteiger partial charge in [-0.05, 0) is 17.7 Å². The first kappa shape index (κ1) is 17.5. The number of carbonyl (C=O) groups is 2. The van der Waals surface area contributed by atoms with Gasteiger partial charge in [0.15, 0.2) is 11.5 Å². The Hall–Kier alpha value is -2.81. The van der Waals surface area contributed by atoms with E-state index in [4.69, 9.17) is 31.3 Å². The fourth-order valence-corrected chi connectivity index (χ4v) is 2.25. The van der Waals surface area contributed by atoms with Crippen LogP contribution in [0.15, 0.2) is 12.1 Å². The van der Waals surface area contributed by atoms with E-state index in [0.717, 1.165) is 0 Å². The number of benzene rings is 1. The minimum atomic E-state index is -1.38. The molecule has 0 aliphatic rings. The first-order valence-electron chi connectivity index (χ1n) is 6.66. The molecule has 1 aromatic heterocycles. The number of ether oxygens (including phenoxy) is 2. The Morgan fingerprint density at radius 1 is 1.21 bits per heavy atom. The maximum absolute atomic E-state index is 11.2. The van der Waals surface area contributed by atoms with Crippen molar-refractivity contribution in [1.29, 1.82) is 0 Å². The monoisotopic (exact) mass is 355 g/mol. The van der Waals surface area contributed by atoms with Crippen LogP contribution in [0.1, 0.15) is 6.42 Å². The van der Waals surface area contributed by atoms with Crippen LogP contribution in [0.4, 0.5) is 5.82 Å². The number of anilines is 1. The van der Waals surface area contributed by atoms with Crippen molar-refractivity contribution < 1.29 is 29.3 Å². The zero-order chi connectivity index (χ0) is 17.9. The van der Waals surface area contributed by atoms with Gasteiger partial charge in [-0.15, -0.1) is 0 Å². The van der Waals surface area contributed by atoms with Crippen LogP contribution in [0.5, 0.6) is 11.5 Å². The normalized spacial score (nSPS) is 11.8. The van der Waals surface area contributed by atoms with Crippen molar-refractivity contribution in [3.8, 4) is 11.5 Å². The molecule has 0 bridgehead atoms. The molecule has 0 radical (unpaired) electrons. The number of halogens is 1. The molecule has 0 saturated heterocycles. The Morgan fingerprint density at radius 3 is 2.38 bits per heavy atom. The average molecular weight is 356 g/mol. The van der Waals surface area contributed by atoms with Crippen LogP contribution in [-0.2, 0) is 9.59 Å². The molecule has 0 amide bonds. The number of aliphatic carboxylic acids is 2. The van der Waals surface area contributed by atoms with E-state index in [-0.39, 0.29) is 11.1 Å². The zero-order valence-corrected chi connectivity index (χ0v) is 13.5. The summed E-state index contributed by atoms with van der Waals surface area (Å²) >= 11 is 5.86. The molecule has 10 heteroatoms. The molecule has 1 aromatic carbocycles. The summed E-state index contributed by atoms with van der Waals surface area (Å²) < 4.78 is 10.4. The molecular weight excluding hydrogens is 342 g/mol. The highest BCUT2D eigenvalue weighted by molar-refractivity contribution is 6.28. The van der Waals surface area contributed by atoms with Crippen molar-refractivity contribution in [1.82, 2.24) is 9.97 Å². The maximum atomic E-state index is 11.2. The minimum Gasteiger partial charge on any atom is -0.493 e. The summed E-state index contributed by atoms with van der Waals surface area (Å²) in [7, 11) is 2.90. The third kappa shape index (κ3) is 3.74. The number of aromatic nitrogens is 2. The van der Waals surface area contributed by atoms with Gasteiger partial charge >= 0.3 is 11.9 Å². The van der Waals surface area contributed by atoms with Crippen molar-refractivity contribution in [3.05, 3.63) is 17.4 Å². The largest absolute Gasteiger partial charge is 0.493 e. The molecule has 9 nitrogen and oxygen atoms in total. The van der Waals surface area contributed by atoms with E-state index in [0.29, 0.717) is 22.4 Å². The number of hydrogen-bond donors (Lipinski definition) is 3. The molecule has 3 N–H and O–H groups in total. The summed E-state index contributed by atoms with van der Waals surface area (Å²) in [6.07, 6.45) is -0.633. The third-order valence-corrected chi connectivity index (χ3v) is 3.33. The van der Waals surface area contributed by atoms with Gasteiger partial charge in [-0.2, -0.15) is 0 Å². The number of carboxylic acids is 2. The van der Waals surface area contributed by atoms with Crippen molar-refractivity contribution in [2.75, 3.05) is 19.5 Å². The smallest absolute Gasteiger partial charge is 0.326 e. The van der Waals surface area contributed by atoms with Crippen molar-refractivity contribution in [2.24, 2.45) is 0 Å². The highest BCUT2D eigenvalue weighted by Gasteiger charge is 2.23. The summed E-state index contributed by atoms with van der Waals surface area (Å²) in [4.78, 5) is 30.1. The van der Waals surface area contributed by atoms with E-state index in [9.17, 15) is 9.59 Å². The topological polar surface area (TPSA) is 131 Å². The van der Waals surface area contributed by atoms with Crippen molar-refractivity contribution in [3.63, 3.8) is 0 Å². The molecule has 1 heterocycles. The van der Waals surface area contributed by atoms with Gasteiger partial charge in [0.2, 0.25) is 5.28 Å². The minimum absolute atomic E-state index is 0.0830. The van der Waals surface area contributed by atoms with Gasteiger partial charge < -0.3 is 25.0 Å². The first-order chi connectivity index (χ1) is 11.3. The van der Waals surface area contributed by atoms with Gasteiger partial charge in [0, 0.05) is 11.5 Å². The molecule has 0 spiro atoms. The highest BCUT2D eigenvalue weighted by Crippen LogP contribution is 2.34. The number of rotatable bonds is 7. The predicted octanol–water partition coefficient (Wildman–Crippen LogP) is 1.64. The second-order valence-corrected chi connectivity index (χ2v) is 5.04. The molecular formula is C14H14ClN3O6. The summed E-state index contributed by atoms with van der Waals surface area (Å²) in [6.45, 7) is 0. The van der Waals surface area contributed by atoms with Gasteiger partial charge in [0.1, 0.15) is 11.9 Å². The molecule has 24 heavy (non-hydrogen) atoms. The van der Waals surface area contributed by atoms with Crippen LogP contribution in [0.25, 0.3) is 10.9 Å².